The van der Waals surface area contributed by atoms with E-state index in [0.29, 0.717) is 35.8 Å². The van der Waals surface area contributed by atoms with E-state index >= 15 is 0 Å². The van der Waals surface area contributed by atoms with Gasteiger partial charge in [0, 0.05) is 19.2 Å². The number of carbonyl (C=O) groups excluding carboxylic acids is 2. The van der Waals surface area contributed by atoms with E-state index in [0.717, 1.165) is 12.8 Å². The minimum atomic E-state index is -0.514. The monoisotopic (exact) mass is 378 g/mol. The number of likely N-dealkylation sites (tertiary alicyclic amines) is 1. The zero-order valence-corrected chi connectivity index (χ0v) is 15.3. The molecule has 7 nitrogen and oxygen atoms in total. The van der Waals surface area contributed by atoms with Crippen molar-refractivity contribution in [1.82, 2.24) is 4.90 Å². The summed E-state index contributed by atoms with van der Waals surface area (Å²) in [6, 6.07) is 6.07. The molecule has 1 fully saturated rings. The van der Waals surface area contributed by atoms with Crippen molar-refractivity contribution in [2.75, 3.05) is 32.6 Å². The molecular formula is C18H19ClN2O5. The Morgan fingerprint density at radius 3 is 2.35 bits per heavy atom. The second-order valence-electron chi connectivity index (χ2n) is 5.81. The molecule has 1 aromatic carbocycles. The standard InChI is InChI=1S/C18H19ClN2O5/c1-24-14-9-11(18(23)21-7-3-4-8-21)12(10-15(14)25-2)20-17(22)13-5-6-16(19)26-13/h5-6,9-10H,3-4,7-8H2,1-2H3,(H,20,22). The Morgan fingerprint density at radius 1 is 1.12 bits per heavy atom. The van der Waals surface area contributed by atoms with Crippen molar-refractivity contribution in [3.05, 3.63) is 40.8 Å². The van der Waals surface area contributed by atoms with E-state index in [4.69, 9.17) is 25.5 Å². The second-order valence-corrected chi connectivity index (χ2v) is 6.18. The molecule has 1 aliphatic heterocycles. The molecule has 8 heteroatoms. The Morgan fingerprint density at radius 2 is 1.77 bits per heavy atom. The van der Waals surface area contributed by atoms with Gasteiger partial charge in [0.1, 0.15) is 0 Å². The zero-order chi connectivity index (χ0) is 18.7. The van der Waals surface area contributed by atoms with Crippen LogP contribution in [0.15, 0.2) is 28.7 Å². The van der Waals surface area contributed by atoms with Crippen LogP contribution in [-0.4, -0.2) is 44.0 Å². The van der Waals surface area contributed by atoms with E-state index in [1.54, 1.807) is 17.0 Å². The summed E-state index contributed by atoms with van der Waals surface area (Å²) in [5.41, 5.74) is 0.646. The fourth-order valence-electron chi connectivity index (χ4n) is 2.87. The van der Waals surface area contributed by atoms with Crippen LogP contribution in [0.5, 0.6) is 11.5 Å². The molecule has 1 aromatic heterocycles. The molecule has 1 aliphatic rings. The molecule has 0 saturated carbocycles. The molecule has 138 valence electrons. The molecule has 0 spiro atoms. The number of rotatable bonds is 5. The van der Waals surface area contributed by atoms with Crippen LogP contribution >= 0.6 is 11.6 Å². The van der Waals surface area contributed by atoms with E-state index < -0.39 is 5.91 Å². The Kier molecular flexibility index (Phi) is 5.37. The van der Waals surface area contributed by atoms with Crippen LogP contribution in [0.3, 0.4) is 0 Å². The number of methoxy groups -OCH3 is 2. The van der Waals surface area contributed by atoms with Gasteiger partial charge >= 0.3 is 0 Å². The molecule has 3 rings (SSSR count). The first-order valence-electron chi connectivity index (χ1n) is 8.15. The fraction of sp³-hybridized carbons (Fsp3) is 0.333. The summed E-state index contributed by atoms with van der Waals surface area (Å²) in [6.07, 6.45) is 1.93. The third kappa shape index (κ3) is 3.62. The minimum absolute atomic E-state index is 0.0457. The molecule has 1 N–H and O–H groups in total. The molecule has 2 amide bonds. The molecule has 0 atom stereocenters. The van der Waals surface area contributed by atoms with Crippen molar-refractivity contribution in [2.24, 2.45) is 0 Å². The number of carbonyl (C=O) groups is 2. The summed E-state index contributed by atoms with van der Waals surface area (Å²) in [6.45, 7) is 1.38. The number of anilines is 1. The summed E-state index contributed by atoms with van der Waals surface area (Å²) < 4.78 is 15.7. The van der Waals surface area contributed by atoms with E-state index in [1.807, 2.05) is 0 Å². The Bertz CT molecular complexity index is 827. The average Bonchev–Trinajstić information content (AvgIpc) is 3.32. The lowest BCUT2D eigenvalue weighted by Gasteiger charge is -2.19. The number of halogens is 1. The van der Waals surface area contributed by atoms with Crippen molar-refractivity contribution in [3.63, 3.8) is 0 Å². The van der Waals surface area contributed by atoms with Gasteiger partial charge in [-0.1, -0.05) is 0 Å². The Hall–Kier alpha value is -2.67. The normalized spacial score (nSPS) is 13.6. The molecule has 0 radical (unpaired) electrons. The summed E-state index contributed by atoms with van der Waals surface area (Å²) in [4.78, 5) is 27.1. The molecular weight excluding hydrogens is 360 g/mol. The van der Waals surface area contributed by atoms with Crippen LogP contribution in [0.25, 0.3) is 0 Å². The second kappa shape index (κ2) is 7.70. The van der Waals surface area contributed by atoms with Crippen LogP contribution in [0.2, 0.25) is 5.22 Å². The number of ether oxygens (including phenoxy) is 2. The lowest BCUT2D eigenvalue weighted by Crippen LogP contribution is -2.29. The highest BCUT2D eigenvalue weighted by Gasteiger charge is 2.25. The number of benzene rings is 1. The van der Waals surface area contributed by atoms with Crippen LogP contribution in [0, 0.1) is 0 Å². The smallest absolute Gasteiger partial charge is 0.291 e. The van der Waals surface area contributed by atoms with E-state index in [1.165, 1.54) is 26.4 Å². The van der Waals surface area contributed by atoms with Gasteiger partial charge in [-0.3, -0.25) is 9.59 Å². The minimum Gasteiger partial charge on any atom is -0.493 e. The van der Waals surface area contributed by atoms with E-state index in [9.17, 15) is 9.59 Å². The molecule has 26 heavy (non-hydrogen) atoms. The van der Waals surface area contributed by atoms with Gasteiger partial charge in [0.15, 0.2) is 22.5 Å². The third-order valence-corrected chi connectivity index (χ3v) is 4.40. The Balaban J connectivity index is 1.97. The van der Waals surface area contributed by atoms with Crippen molar-refractivity contribution in [2.45, 2.75) is 12.8 Å². The third-order valence-electron chi connectivity index (χ3n) is 4.19. The number of amides is 2. The first-order valence-corrected chi connectivity index (χ1v) is 8.53. The van der Waals surface area contributed by atoms with Crippen molar-refractivity contribution in [3.8, 4) is 11.5 Å². The number of nitrogens with zero attached hydrogens (tertiary/aromatic N) is 1. The topological polar surface area (TPSA) is 81.0 Å². The summed E-state index contributed by atoms with van der Waals surface area (Å²) >= 11 is 5.72. The van der Waals surface area contributed by atoms with Gasteiger partial charge in [0.2, 0.25) is 0 Å². The molecule has 1 saturated heterocycles. The van der Waals surface area contributed by atoms with Crippen LogP contribution < -0.4 is 14.8 Å². The highest BCUT2D eigenvalue weighted by Crippen LogP contribution is 2.34. The molecule has 2 aromatic rings. The van der Waals surface area contributed by atoms with E-state index in [-0.39, 0.29) is 16.9 Å². The maximum absolute atomic E-state index is 12.9. The average molecular weight is 379 g/mol. The van der Waals surface area contributed by atoms with Gasteiger partial charge in [0.25, 0.3) is 11.8 Å². The predicted molar refractivity (Wildman–Crippen MR) is 96.4 cm³/mol. The van der Waals surface area contributed by atoms with Gasteiger partial charge in [-0.25, -0.2) is 0 Å². The van der Waals surface area contributed by atoms with Crippen LogP contribution in [0.4, 0.5) is 5.69 Å². The highest BCUT2D eigenvalue weighted by atomic mass is 35.5. The number of nitrogens with one attached hydrogen (secondary N) is 1. The predicted octanol–water partition coefficient (Wildman–Crippen LogP) is 3.44. The summed E-state index contributed by atoms with van der Waals surface area (Å²) in [7, 11) is 2.97. The quantitative estimate of drug-likeness (QED) is 0.861. The molecule has 0 unspecified atom stereocenters. The summed E-state index contributed by atoms with van der Waals surface area (Å²) in [5, 5.41) is 2.80. The van der Waals surface area contributed by atoms with Crippen molar-refractivity contribution >= 4 is 29.1 Å². The number of hydrogen-bond acceptors (Lipinski definition) is 5. The lowest BCUT2D eigenvalue weighted by molar-refractivity contribution is 0.0793. The number of hydrogen-bond donors (Lipinski definition) is 1. The highest BCUT2D eigenvalue weighted by molar-refractivity contribution is 6.29. The Labute approximate surface area is 155 Å². The van der Waals surface area contributed by atoms with E-state index in [2.05, 4.69) is 5.32 Å². The van der Waals surface area contributed by atoms with Gasteiger partial charge in [-0.05, 0) is 42.6 Å². The largest absolute Gasteiger partial charge is 0.493 e. The van der Waals surface area contributed by atoms with Gasteiger partial charge in [-0.2, -0.15) is 0 Å². The first-order chi connectivity index (χ1) is 12.5. The maximum atomic E-state index is 12.9. The van der Waals surface area contributed by atoms with Gasteiger partial charge in [-0.15, -0.1) is 0 Å². The summed E-state index contributed by atoms with van der Waals surface area (Å²) in [5.74, 6) is 0.174. The molecule has 0 bridgehead atoms. The van der Waals surface area contributed by atoms with Gasteiger partial charge < -0.3 is 24.1 Å². The van der Waals surface area contributed by atoms with Crippen LogP contribution in [0.1, 0.15) is 33.8 Å². The van der Waals surface area contributed by atoms with Crippen molar-refractivity contribution in [1.29, 1.82) is 0 Å². The van der Waals surface area contributed by atoms with Gasteiger partial charge in [0.05, 0.1) is 25.5 Å². The number of furan rings is 1. The maximum Gasteiger partial charge on any atom is 0.291 e. The zero-order valence-electron chi connectivity index (χ0n) is 14.5. The molecule has 2 heterocycles. The lowest BCUT2D eigenvalue weighted by atomic mass is 10.1. The SMILES string of the molecule is COc1cc(NC(=O)c2ccc(Cl)o2)c(C(=O)N2CCCC2)cc1OC. The van der Waals surface area contributed by atoms with Crippen molar-refractivity contribution < 1.29 is 23.5 Å². The first kappa shape index (κ1) is 18.1. The fourth-order valence-corrected chi connectivity index (χ4v) is 3.02. The molecule has 0 aliphatic carbocycles. The van der Waals surface area contributed by atoms with Crippen LogP contribution in [-0.2, 0) is 0 Å².